The molecule has 0 amide bonds. The molecule has 0 saturated carbocycles. The normalized spacial score (nSPS) is 29.4. The Hall–Kier alpha value is -0.0800. The molecule has 0 aliphatic carbocycles. The summed E-state index contributed by atoms with van der Waals surface area (Å²) in [4.78, 5) is 0. The Balaban J connectivity index is 2.07. The summed E-state index contributed by atoms with van der Waals surface area (Å²) in [5.41, 5.74) is 0. The molecule has 3 unspecified atom stereocenters. The summed E-state index contributed by atoms with van der Waals surface area (Å²) in [5.74, 6) is 0.735. The van der Waals surface area contributed by atoms with Crippen LogP contribution in [-0.4, -0.2) is 25.3 Å². The fourth-order valence-electron chi connectivity index (χ4n) is 2.01. The molecule has 1 fully saturated rings. The van der Waals surface area contributed by atoms with Gasteiger partial charge in [0.25, 0.3) is 0 Å². The van der Waals surface area contributed by atoms with E-state index in [1.165, 1.54) is 25.7 Å². The second-order valence-electron chi connectivity index (χ2n) is 4.58. The summed E-state index contributed by atoms with van der Waals surface area (Å²) in [6, 6.07) is 0.669. The van der Waals surface area contributed by atoms with Gasteiger partial charge in [-0.05, 0) is 32.6 Å². The van der Waals surface area contributed by atoms with Crippen molar-refractivity contribution < 1.29 is 4.74 Å². The maximum Gasteiger partial charge on any atom is 0.0588 e. The summed E-state index contributed by atoms with van der Waals surface area (Å²) in [7, 11) is 0. The lowest BCUT2D eigenvalue weighted by atomic mass is 10.0. The van der Waals surface area contributed by atoms with E-state index in [1.54, 1.807) is 0 Å². The molecular formula is C12H25NO. The summed E-state index contributed by atoms with van der Waals surface area (Å²) >= 11 is 0. The van der Waals surface area contributed by atoms with Crippen molar-refractivity contribution in [1.82, 2.24) is 5.32 Å². The Morgan fingerprint density at radius 2 is 2.29 bits per heavy atom. The lowest BCUT2D eigenvalue weighted by molar-refractivity contribution is 0.105. The molecule has 14 heavy (non-hydrogen) atoms. The topological polar surface area (TPSA) is 21.3 Å². The zero-order chi connectivity index (χ0) is 10.4. The molecule has 1 rings (SSSR count). The second kappa shape index (κ2) is 6.41. The second-order valence-corrected chi connectivity index (χ2v) is 4.58. The van der Waals surface area contributed by atoms with Crippen LogP contribution in [0.5, 0.6) is 0 Å². The van der Waals surface area contributed by atoms with Crippen molar-refractivity contribution in [3.05, 3.63) is 0 Å². The summed E-state index contributed by atoms with van der Waals surface area (Å²) in [6.07, 6.45) is 5.63. The van der Waals surface area contributed by atoms with Gasteiger partial charge in [0.1, 0.15) is 0 Å². The van der Waals surface area contributed by atoms with Gasteiger partial charge in [0.15, 0.2) is 0 Å². The molecule has 2 heteroatoms. The molecule has 1 saturated heterocycles. The quantitative estimate of drug-likeness (QED) is 0.710. The number of hydrogen-bond donors (Lipinski definition) is 1. The Morgan fingerprint density at radius 3 is 2.86 bits per heavy atom. The highest BCUT2D eigenvalue weighted by Crippen LogP contribution is 2.19. The van der Waals surface area contributed by atoms with E-state index in [0.29, 0.717) is 12.1 Å². The van der Waals surface area contributed by atoms with Gasteiger partial charge in [-0.3, -0.25) is 0 Å². The van der Waals surface area contributed by atoms with Crippen LogP contribution in [0.25, 0.3) is 0 Å². The van der Waals surface area contributed by atoms with Crippen molar-refractivity contribution in [1.29, 1.82) is 0 Å². The van der Waals surface area contributed by atoms with Gasteiger partial charge in [0.2, 0.25) is 0 Å². The number of hydrogen-bond acceptors (Lipinski definition) is 2. The SMILES string of the molecule is CCCCC(C)NCC1CCOC1C. The summed E-state index contributed by atoms with van der Waals surface area (Å²) in [6.45, 7) is 8.81. The molecule has 0 spiro atoms. The molecule has 1 heterocycles. The predicted octanol–water partition coefficient (Wildman–Crippen LogP) is 2.58. The molecule has 84 valence electrons. The van der Waals surface area contributed by atoms with Gasteiger partial charge in [-0.2, -0.15) is 0 Å². The van der Waals surface area contributed by atoms with E-state index in [0.717, 1.165) is 19.1 Å². The Labute approximate surface area is 88.4 Å². The molecular weight excluding hydrogens is 174 g/mol. The smallest absolute Gasteiger partial charge is 0.0588 e. The van der Waals surface area contributed by atoms with Gasteiger partial charge in [-0.15, -0.1) is 0 Å². The third-order valence-corrected chi connectivity index (χ3v) is 3.25. The van der Waals surface area contributed by atoms with Crippen molar-refractivity contribution in [2.45, 2.75) is 58.6 Å². The highest BCUT2D eigenvalue weighted by atomic mass is 16.5. The number of nitrogens with one attached hydrogen (secondary N) is 1. The van der Waals surface area contributed by atoms with Crippen LogP contribution in [0.4, 0.5) is 0 Å². The van der Waals surface area contributed by atoms with Gasteiger partial charge in [0.05, 0.1) is 6.10 Å². The van der Waals surface area contributed by atoms with E-state index in [9.17, 15) is 0 Å². The molecule has 0 radical (unpaired) electrons. The van der Waals surface area contributed by atoms with E-state index in [-0.39, 0.29) is 0 Å². The maximum absolute atomic E-state index is 5.54. The van der Waals surface area contributed by atoms with E-state index >= 15 is 0 Å². The number of rotatable bonds is 6. The minimum atomic E-state index is 0.459. The van der Waals surface area contributed by atoms with Crippen molar-refractivity contribution >= 4 is 0 Å². The highest BCUT2D eigenvalue weighted by molar-refractivity contribution is 4.75. The largest absolute Gasteiger partial charge is 0.378 e. The predicted molar refractivity (Wildman–Crippen MR) is 60.5 cm³/mol. The molecule has 0 aromatic rings. The van der Waals surface area contributed by atoms with Crippen LogP contribution in [0.3, 0.4) is 0 Å². The van der Waals surface area contributed by atoms with Crippen LogP contribution >= 0.6 is 0 Å². The van der Waals surface area contributed by atoms with Crippen LogP contribution in [0.1, 0.15) is 46.5 Å². The van der Waals surface area contributed by atoms with Gasteiger partial charge in [-0.25, -0.2) is 0 Å². The monoisotopic (exact) mass is 199 g/mol. The van der Waals surface area contributed by atoms with Gasteiger partial charge >= 0.3 is 0 Å². The van der Waals surface area contributed by atoms with Crippen LogP contribution in [0.2, 0.25) is 0 Å². The Kier molecular flexibility index (Phi) is 5.49. The first kappa shape index (κ1) is 12.0. The van der Waals surface area contributed by atoms with E-state index < -0.39 is 0 Å². The molecule has 1 aliphatic rings. The fourth-order valence-corrected chi connectivity index (χ4v) is 2.01. The van der Waals surface area contributed by atoms with E-state index in [4.69, 9.17) is 4.74 Å². The number of unbranched alkanes of at least 4 members (excludes halogenated alkanes) is 1. The minimum absolute atomic E-state index is 0.459. The average molecular weight is 199 g/mol. The standard InChI is InChI=1S/C12H25NO/c1-4-5-6-10(2)13-9-12-7-8-14-11(12)3/h10-13H,4-9H2,1-3H3. The molecule has 0 aromatic carbocycles. The average Bonchev–Trinajstić information content (AvgIpc) is 2.58. The molecule has 0 aromatic heterocycles. The third-order valence-electron chi connectivity index (χ3n) is 3.25. The van der Waals surface area contributed by atoms with Crippen LogP contribution in [-0.2, 0) is 4.74 Å². The van der Waals surface area contributed by atoms with Crippen LogP contribution < -0.4 is 5.32 Å². The molecule has 1 aliphatic heterocycles. The zero-order valence-corrected chi connectivity index (χ0v) is 9.88. The summed E-state index contributed by atoms with van der Waals surface area (Å²) in [5, 5.41) is 3.61. The van der Waals surface area contributed by atoms with Gasteiger partial charge in [-0.1, -0.05) is 19.8 Å². The lowest BCUT2D eigenvalue weighted by Crippen LogP contribution is -2.33. The molecule has 1 N–H and O–H groups in total. The van der Waals surface area contributed by atoms with E-state index in [2.05, 4.69) is 26.1 Å². The molecule has 2 nitrogen and oxygen atoms in total. The first-order chi connectivity index (χ1) is 6.74. The highest BCUT2D eigenvalue weighted by Gasteiger charge is 2.23. The van der Waals surface area contributed by atoms with Gasteiger partial charge in [0, 0.05) is 19.2 Å². The Bertz CT molecular complexity index is 149. The first-order valence-corrected chi connectivity index (χ1v) is 6.09. The fraction of sp³-hybridized carbons (Fsp3) is 1.00. The van der Waals surface area contributed by atoms with E-state index in [1.807, 2.05) is 0 Å². The van der Waals surface area contributed by atoms with Crippen molar-refractivity contribution in [2.75, 3.05) is 13.2 Å². The number of ether oxygens (including phenoxy) is 1. The maximum atomic E-state index is 5.54. The first-order valence-electron chi connectivity index (χ1n) is 6.09. The van der Waals surface area contributed by atoms with Crippen molar-refractivity contribution in [2.24, 2.45) is 5.92 Å². The zero-order valence-electron chi connectivity index (χ0n) is 9.88. The lowest BCUT2D eigenvalue weighted by Gasteiger charge is -2.18. The van der Waals surface area contributed by atoms with Gasteiger partial charge < -0.3 is 10.1 Å². The molecule has 3 atom stereocenters. The Morgan fingerprint density at radius 1 is 1.50 bits per heavy atom. The minimum Gasteiger partial charge on any atom is -0.378 e. The summed E-state index contributed by atoms with van der Waals surface area (Å²) < 4.78 is 5.54. The molecule has 0 bridgehead atoms. The van der Waals surface area contributed by atoms with Crippen LogP contribution in [0.15, 0.2) is 0 Å². The van der Waals surface area contributed by atoms with Crippen molar-refractivity contribution in [3.8, 4) is 0 Å². The third kappa shape index (κ3) is 3.97. The van der Waals surface area contributed by atoms with Crippen LogP contribution in [0, 0.1) is 5.92 Å². The van der Waals surface area contributed by atoms with Crippen molar-refractivity contribution in [3.63, 3.8) is 0 Å².